The molecule has 23 heavy (non-hydrogen) atoms. The lowest BCUT2D eigenvalue weighted by Gasteiger charge is -2.12. The number of sulfone groups is 1. The number of rotatable bonds is 4. The first-order valence-corrected chi connectivity index (χ1v) is 9.21. The lowest BCUT2D eigenvalue weighted by Crippen LogP contribution is -2.36. The number of nitrogens with zero attached hydrogens (tertiary/aromatic N) is 2. The maximum atomic E-state index is 12.0. The van der Waals surface area contributed by atoms with Crippen molar-refractivity contribution in [3.8, 4) is 0 Å². The molecule has 1 fully saturated rings. The Morgan fingerprint density at radius 2 is 2.13 bits per heavy atom. The van der Waals surface area contributed by atoms with Gasteiger partial charge in [-0.3, -0.25) is 14.3 Å². The summed E-state index contributed by atoms with van der Waals surface area (Å²) in [6.45, 7) is 0.325. The molecule has 1 amide bonds. The van der Waals surface area contributed by atoms with Gasteiger partial charge in [0, 0.05) is 17.8 Å². The number of amides is 1. The van der Waals surface area contributed by atoms with E-state index in [0.29, 0.717) is 23.9 Å². The summed E-state index contributed by atoms with van der Waals surface area (Å²) in [5, 5.41) is 7.36. The van der Waals surface area contributed by atoms with Gasteiger partial charge in [0.15, 0.2) is 9.84 Å². The van der Waals surface area contributed by atoms with Crippen LogP contribution >= 0.6 is 0 Å². The van der Waals surface area contributed by atoms with Gasteiger partial charge in [-0.05, 0) is 18.6 Å². The Bertz CT molecular complexity index is 904. The minimum Gasteiger partial charge on any atom is -0.352 e. The summed E-state index contributed by atoms with van der Waals surface area (Å²) in [5.41, 5.74) is 0.522. The molecule has 8 heteroatoms. The van der Waals surface area contributed by atoms with Crippen LogP contribution in [-0.2, 0) is 21.2 Å². The van der Waals surface area contributed by atoms with Crippen LogP contribution in [0.3, 0.4) is 0 Å². The van der Waals surface area contributed by atoms with E-state index in [1.165, 1.54) is 6.20 Å². The van der Waals surface area contributed by atoms with Crippen molar-refractivity contribution in [3.63, 3.8) is 0 Å². The molecule has 0 bridgehead atoms. The molecule has 2 aromatic rings. The highest BCUT2D eigenvalue weighted by Crippen LogP contribution is 2.12. The van der Waals surface area contributed by atoms with Crippen molar-refractivity contribution < 1.29 is 13.2 Å². The first-order valence-electron chi connectivity index (χ1n) is 7.39. The van der Waals surface area contributed by atoms with Crippen LogP contribution in [0.4, 0.5) is 0 Å². The lowest BCUT2D eigenvalue weighted by molar-refractivity contribution is -0.121. The summed E-state index contributed by atoms with van der Waals surface area (Å²) < 4.78 is 24.4. The number of para-hydroxylation sites is 1. The van der Waals surface area contributed by atoms with Crippen LogP contribution < -0.4 is 10.7 Å². The zero-order valence-electron chi connectivity index (χ0n) is 12.4. The third kappa shape index (κ3) is 3.58. The molecule has 1 aromatic carbocycles. The number of nitrogens with one attached hydrogen (secondary N) is 1. The number of carbonyl (C=O) groups is 1. The van der Waals surface area contributed by atoms with Crippen LogP contribution in [0.25, 0.3) is 10.9 Å². The van der Waals surface area contributed by atoms with Crippen molar-refractivity contribution in [1.82, 2.24) is 15.1 Å². The van der Waals surface area contributed by atoms with Crippen molar-refractivity contribution in [2.75, 3.05) is 11.5 Å². The summed E-state index contributed by atoms with van der Waals surface area (Å²) in [4.78, 5) is 23.7. The summed E-state index contributed by atoms with van der Waals surface area (Å²) in [7, 11) is -3.01. The van der Waals surface area contributed by atoms with Crippen LogP contribution in [0.1, 0.15) is 12.8 Å². The van der Waals surface area contributed by atoms with Crippen molar-refractivity contribution in [2.45, 2.75) is 25.4 Å². The molecule has 1 unspecified atom stereocenters. The van der Waals surface area contributed by atoms with Crippen molar-refractivity contribution in [3.05, 3.63) is 40.7 Å². The molecule has 1 N–H and O–H groups in total. The third-order valence-electron chi connectivity index (χ3n) is 3.91. The van der Waals surface area contributed by atoms with Gasteiger partial charge >= 0.3 is 0 Å². The van der Waals surface area contributed by atoms with Crippen molar-refractivity contribution >= 4 is 26.6 Å². The minimum atomic E-state index is -3.01. The molecule has 0 spiro atoms. The van der Waals surface area contributed by atoms with Gasteiger partial charge in [0.1, 0.15) is 0 Å². The number of aryl methyl sites for hydroxylation is 1. The van der Waals surface area contributed by atoms with Gasteiger partial charge in [-0.25, -0.2) is 8.42 Å². The quantitative estimate of drug-likeness (QED) is 0.854. The van der Waals surface area contributed by atoms with Gasteiger partial charge in [0.2, 0.25) is 11.3 Å². The molecular formula is C15H17N3O4S. The normalized spacial score (nSPS) is 19.7. The topological polar surface area (TPSA) is 98.1 Å². The fourth-order valence-electron chi connectivity index (χ4n) is 2.76. The van der Waals surface area contributed by atoms with Gasteiger partial charge in [-0.15, -0.1) is 0 Å². The highest BCUT2D eigenvalue weighted by atomic mass is 32.2. The summed E-state index contributed by atoms with van der Waals surface area (Å²) in [6.07, 6.45) is 1.88. The molecule has 122 valence electrons. The van der Waals surface area contributed by atoms with Crippen LogP contribution in [0, 0.1) is 0 Å². The predicted octanol–water partition coefficient (Wildman–Crippen LogP) is 0.0899. The Labute approximate surface area is 133 Å². The highest BCUT2D eigenvalue weighted by Gasteiger charge is 2.28. The number of fused-ring (bicyclic) bond motifs is 1. The number of hydrogen-bond donors (Lipinski definition) is 1. The summed E-state index contributed by atoms with van der Waals surface area (Å²) >= 11 is 0. The van der Waals surface area contributed by atoms with E-state index in [9.17, 15) is 18.0 Å². The van der Waals surface area contributed by atoms with Gasteiger partial charge in [-0.2, -0.15) is 5.10 Å². The average molecular weight is 335 g/mol. The summed E-state index contributed by atoms with van der Waals surface area (Å²) in [5.74, 6) is -0.0707. The van der Waals surface area contributed by atoms with E-state index in [0.717, 1.165) is 0 Å². The third-order valence-corrected chi connectivity index (χ3v) is 5.68. The van der Waals surface area contributed by atoms with Crippen LogP contribution in [0.2, 0.25) is 0 Å². The number of carbonyl (C=O) groups excluding carboxylic acids is 1. The molecule has 3 rings (SSSR count). The van der Waals surface area contributed by atoms with E-state index >= 15 is 0 Å². The number of aromatic nitrogens is 2. The standard InChI is InChI=1S/C15H17N3O4S/c19-14-9-16-18(13-4-2-1-3-12(13)14)7-5-15(20)17-11-6-8-23(21,22)10-11/h1-4,9,11H,5-8,10H2,(H,17,20). The smallest absolute Gasteiger partial charge is 0.222 e. The fourth-order valence-corrected chi connectivity index (χ4v) is 4.43. The molecule has 1 aromatic heterocycles. The van der Waals surface area contributed by atoms with Gasteiger partial charge in [-0.1, -0.05) is 12.1 Å². The van der Waals surface area contributed by atoms with E-state index < -0.39 is 9.84 Å². The fraction of sp³-hybridized carbons (Fsp3) is 0.400. The molecule has 0 saturated carbocycles. The zero-order chi connectivity index (χ0) is 16.4. The molecule has 2 heterocycles. The van der Waals surface area contributed by atoms with Gasteiger partial charge in [0.05, 0.1) is 29.8 Å². The first-order chi connectivity index (χ1) is 10.9. The largest absolute Gasteiger partial charge is 0.352 e. The Hall–Kier alpha value is -2.22. The molecular weight excluding hydrogens is 318 g/mol. The predicted molar refractivity (Wildman–Crippen MR) is 85.8 cm³/mol. The van der Waals surface area contributed by atoms with E-state index in [1.54, 1.807) is 22.9 Å². The van der Waals surface area contributed by atoms with Crippen molar-refractivity contribution in [1.29, 1.82) is 0 Å². The molecule has 7 nitrogen and oxygen atoms in total. The molecule has 0 radical (unpaired) electrons. The monoisotopic (exact) mass is 335 g/mol. The average Bonchev–Trinajstić information content (AvgIpc) is 2.86. The summed E-state index contributed by atoms with van der Waals surface area (Å²) in [6, 6.07) is 6.79. The van der Waals surface area contributed by atoms with E-state index in [1.807, 2.05) is 6.07 Å². The van der Waals surface area contributed by atoms with Gasteiger partial charge in [0.25, 0.3) is 0 Å². The van der Waals surface area contributed by atoms with Crippen LogP contribution in [0.5, 0.6) is 0 Å². The number of hydrogen-bond acceptors (Lipinski definition) is 5. The molecule has 1 atom stereocenters. The van der Waals surface area contributed by atoms with E-state index in [-0.39, 0.29) is 35.3 Å². The Morgan fingerprint density at radius 3 is 2.87 bits per heavy atom. The Morgan fingerprint density at radius 1 is 1.35 bits per heavy atom. The molecule has 1 aliphatic heterocycles. The first kappa shape index (κ1) is 15.7. The van der Waals surface area contributed by atoms with Crippen LogP contribution in [-0.4, -0.2) is 41.7 Å². The molecule has 1 aliphatic rings. The van der Waals surface area contributed by atoms with Crippen LogP contribution in [0.15, 0.2) is 35.3 Å². The lowest BCUT2D eigenvalue weighted by atomic mass is 10.2. The number of benzene rings is 1. The SMILES string of the molecule is O=C(CCn1ncc(=O)c2ccccc21)NC1CCS(=O)(=O)C1. The Balaban J connectivity index is 1.66. The minimum absolute atomic E-state index is 0.0118. The highest BCUT2D eigenvalue weighted by molar-refractivity contribution is 7.91. The Kier molecular flexibility index (Phi) is 4.16. The van der Waals surface area contributed by atoms with E-state index in [4.69, 9.17) is 0 Å². The second-order valence-electron chi connectivity index (χ2n) is 5.67. The van der Waals surface area contributed by atoms with E-state index in [2.05, 4.69) is 10.4 Å². The molecule has 1 saturated heterocycles. The maximum absolute atomic E-state index is 12.0. The second kappa shape index (κ2) is 6.11. The van der Waals surface area contributed by atoms with Gasteiger partial charge < -0.3 is 5.32 Å². The zero-order valence-corrected chi connectivity index (χ0v) is 13.3. The maximum Gasteiger partial charge on any atom is 0.222 e. The second-order valence-corrected chi connectivity index (χ2v) is 7.90. The van der Waals surface area contributed by atoms with Crippen molar-refractivity contribution in [2.24, 2.45) is 0 Å². The molecule has 0 aliphatic carbocycles.